The van der Waals surface area contributed by atoms with E-state index in [0.29, 0.717) is 5.69 Å². The lowest BCUT2D eigenvalue weighted by atomic mass is 10.3. The highest BCUT2D eigenvalue weighted by atomic mass is 35.5. The highest BCUT2D eigenvalue weighted by Gasteiger charge is 2.20. The number of nitrogens with zero attached hydrogens (tertiary/aromatic N) is 1. The van der Waals surface area contributed by atoms with Crippen molar-refractivity contribution in [3.05, 3.63) is 47.7 Å². The van der Waals surface area contributed by atoms with Crippen LogP contribution in [0.25, 0.3) is 0 Å². The maximum Gasteiger partial charge on any atom is 0.265 e. The van der Waals surface area contributed by atoms with E-state index in [9.17, 15) is 8.42 Å². The second-order valence-electron chi connectivity index (χ2n) is 3.50. The summed E-state index contributed by atoms with van der Waals surface area (Å²) in [5.74, 6) is 0. The maximum absolute atomic E-state index is 12.1. The summed E-state index contributed by atoms with van der Waals surface area (Å²) in [5, 5.41) is 0.0801. The molecule has 2 aromatic rings. The lowest BCUT2D eigenvalue weighted by Crippen LogP contribution is -2.15. The van der Waals surface area contributed by atoms with Crippen LogP contribution in [-0.4, -0.2) is 13.4 Å². The van der Waals surface area contributed by atoms with E-state index < -0.39 is 10.0 Å². The highest BCUT2D eigenvalue weighted by Crippen LogP contribution is 2.28. The van der Waals surface area contributed by atoms with E-state index in [1.807, 2.05) is 0 Å². The first kappa shape index (κ1) is 12.7. The fraction of sp³-hybridized carbons (Fsp3) is 0. The predicted molar refractivity (Wildman–Crippen MR) is 70.9 cm³/mol. The minimum absolute atomic E-state index is 0.0801. The van der Waals surface area contributed by atoms with E-state index in [2.05, 4.69) is 9.71 Å². The molecular formula is C11H10ClN3O2S. The number of nitrogens with two attached hydrogens (primary N) is 1. The van der Waals surface area contributed by atoms with Crippen molar-refractivity contribution in [2.24, 2.45) is 0 Å². The van der Waals surface area contributed by atoms with Crippen molar-refractivity contribution >= 4 is 33.0 Å². The third kappa shape index (κ3) is 2.55. The molecule has 0 aliphatic rings. The minimum atomic E-state index is -3.81. The van der Waals surface area contributed by atoms with Crippen molar-refractivity contribution in [2.45, 2.75) is 4.90 Å². The first-order valence-corrected chi connectivity index (χ1v) is 6.83. The van der Waals surface area contributed by atoms with Crippen molar-refractivity contribution < 1.29 is 8.42 Å². The Balaban J connectivity index is 2.44. The van der Waals surface area contributed by atoms with Crippen LogP contribution in [0.15, 0.2) is 47.6 Å². The molecule has 7 heteroatoms. The van der Waals surface area contributed by atoms with Gasteiger partial charge in [-0.1, -0.05) is 17.7 Å². The molecule has 0 atom stereocenters. The summed E-state index contributed by atoms with van der Waals surface area (Å²) in [6.45, 7) is 0. The zero-order valence-corrected chi connectivity index (χ0v) is 10.7. The first-order chi connectivity index (χ1) is 8.50. The van der Waals surface area contributed by atoms with Crippen molar-refractivity contribution in [3.8, 4) is 0 Å². The molecule has 5 nitrogen and oxygen atoms in total. The van der Waals surface area contributed by atoms with Gasteiger partial charge >= 0.3 is 0 Å². The summed E-state index contributed by atoms with van der Waals surface area (Å²) in [6, 6.07) is 7.60. The molecule has 94 valence electrons. The molecule has 0 amide bonds. The molecule has 0 radical (unpaired) electrons. The molecule has 0 unspecified atom stereocenters. The predicted octanol–water partition coefficient (Wildman–Crippen LogP) is 2.12. The number of benzene rings is 1. The van der Waals surface area contributed by atoms with Gasteiger partial charge in [0.2, 0.25) is 0 Å². The maximum atomic E-state index is 12.1. The van der Waals surface area contributed by atoms with E-state index in [1.54, 1.807) is 6.07 Å². The number of anilines is 2. The fourth-order valence-electron chi connectivity index (χ4n) is 1.44. The molecule has 1 aromatic heterocycles. The smallest absolute Gasteiger partial charge is 0.265 e. The molecule has 0 saturated heterocycles. The largest absolute Gasteiger partial charge is 0.398 e. The number of hydrogen-bond acceptors (Lipinski definition) is 4. The van der Waals surface area contributed by atoms with E-state index in [-0.39, 0.29) is 15.6 Å². The first-order valence-electron chi connectivity index (χ1n) is 4.97. The molecule has 2 rings (SSSR count). The molecule has 0 fully saturated rings. The van der Waals surface area contributed by atoms with Crippen molar-refractivity contribution in [3.63, 3.8) is 0 Å². The van der Waals surface area contributed by atoms with Gasteiger partial charge in [-0.05, 0) is 24.3 Å². The Labute approximate surface area is 110 Å². The summed E-state index contributed by atoms with van der Waals surface area (Å²) < 4.78 is 26.7. The number of nitrogens with one attached hydrogen (secondary N) is 1. The number of aromatic nitrogens is 1. The van der Waals surface area contributed by atoms with Gasteiger partial charge in [0.25, 0.3) is 10.0 Å². The van der Waals surface area contributed by atoms with Crippen LogP contribution in [-0.2, 0) is 10.0 Å². The van der Waals surface area contributed by atoms with Gasteiger partial charge < -0.3 is 5.73 Å². The average Bonchev–Trinajstić information content (AvgIpc) is 2.28. The Morgan fingerprint density at radius 3 is 2.44 bits per heavy atom. The Hall–Kier alpha value is -1.79. The second kappa shape index (κ2) is 4.83. The zero-order chi connectivity index (χ0) is 13.2. The van der Waals surface area contributed by atoms with Crippen LogP contribution < -0.4 is 10.5 Å². The van der Waals surface area contributed by atoms with Gasteiger partial charge in [0.15, 0.2) is 0 Å². The summed E-state index contributed by atoms with van der Waals surface area (Å²) in [6.07, 6.45) is 2.96. The standard InChI is InChI=1S/C11H10ClN3O2S/c12-9-2-1-3-10(13)11(9)18(16,17)15-8-4-6-14-7-5-8/h1-7H,13H2,(H,14,15). The number of sulfonamides is 1. The summed E-state index contributed by atoms with van der Waals surface area (Å²) >= 11 is 5.87. The normalized spacial score (nSPS) is 11.2. The van der Waals surface area contributed by atoms with Crippen LogP contribution in [0.2, 0.25) is 5.02 Å². The third-order valence-electron chi connectivity index (χ3n) is 2.20. The fourth-order valence-corrected chi connectivity index (χ4v) is 3.17. The Bertz CT molecular complexity index is 639. The van der Waals surface area contributed by atoms with Gasteiger partial charge in [-0.25, -0.2) is 8.42 Å². The zero-order valence-electron chi connectivity index (χ0n) is 9.17. The topological polar surface area (TPSA) is 85.1 Å². The average molecular weight is 284 g/mol. The van der Waals surface area contributed by atoms with Crippen LogP contribution in [0.4, 0.5) is 11.4 Å². The van der Waals surface area contributed by atoms with E-state index in [0.717, 1.165) is 0 Å². The summed E-state index contributed by atoms with van der Waals surface area (Å²) in [7, 11) is -3.81. The van der Waals surface area contributed by atoms with Crippen LogP contribution in [0.5, 0.6) is 0 Å². The van der Waals surface area contributed by atoms with E-state index in [1.165, 1.54) is 36.7 Å². The van der Waals surface area contributed by atoms with E-state index in [4.69, 9.17) is 17.3 Å². The van der Waals surface area contributed by atoms with Gasteiger partial charge in [-0.3, -0.25) is 9.71 Å². The number of nitrogen functional groups attached to an aromatic ring is 1. The lowest BCUT2D eigenvalue weighted by molar-refractivity contribution is 0.601. The molecular weight excluding hydrogens is 274 g/mol. The number of pyridine rings is 1. The Morgan fingerprint density at radius 2 is 1.83 bits per heavy atom. The molecule has 3 N–H and O–H groups in total. The van der Waals surface area contributed by atoms with Gasteiger partial charge in [0.05, 0.1) is 16.4 Å². The van der Waals surface area contributed by atoms with Crippen LogP contribution in [0.3, 0.4) is 0 Å². The van der Waals surface area contributed by atoms with Crippen LogP contribution in [0, 0.1) is 0 Å². The van der Waals surface area contributed by atoms with Crippen molar-refractivity contribution in [2.75, 3.05) is 10.5 Å². The Kier molecular flexibility index (Phi) is 3.40. The minimum Gasteiger partial charge on any atom is -0.398 e. The van der Waals surface area contributed by atoms with Crippen LogP contribution >= 0.6 is 11.6 Å². The molecule has 1 aromatic carbocycles. The molecule has 0 saturated carbocycles. The van der Waals surface area contributed by atoms with Crippen molar-refractivity contribution in [1.82, 2.24) is 4.98 Å². The number of rotatable bonds is 3. The van der Waals surface area contributed by atoms with Gasteiger partial charge in [-0.15, -0.1) is 0 Å². The quantitative estimate of drug-likeness (QED) is 0.845. The SMILES string of the molecule is Nc1cccc(Cl)c1S(=O)(=O)Nc1ccncc1. The Morgan fingerprint density at radius 1 is 1.17 bits per heavy atom. The van der Waals surface area contributed by atoms with Gasteiger partial charge in [0, 0.05) is 12.4 Å². The molecule has 0 spiro atoms. The van der Waals surface area contributed by atoms with Gasteiger partial charge in [0.1, 0.15) is 4.90 Å². The van der Waals surface area contributed by atoms with Crippen molar-refractivity contribution in [1.29, 1.82) is 0 Å². The second-order valence-corrected chi connectivity index (χ2v) is 5.53. The molecule has 1 heterocycles. The monoisotopic (exact) mass is 283 g/mol. The molecule has 0 bridgehead atoms. The van der Waals surface area contributed by atoms with Crippen LogP contribution in [0.1, 0.15) is 0 Å². The summed E-state index contributed by atoms with van der Waals surface area (Å²) in [4.78, 5) is 3.68. The van der Waals surface area contributed by atoms with Gasteiger partial charge in [-0.2, -0.15) is 0 Å². The lowest BCUT2D eigenvalue weighted by Gasteiger charge is -2.11. The highest BCUT2D eigenvalue weighted by molar-refractivity contribution is 7.93. The molecule has 18 heavy (non-hydrogen) atoms. The summed E-state index contributed by atoms with van der Waals surface area (Å²) in [5.41, 5.74) is 6.14. The van der Waals surface area contributed by atoms with E-state index >= 15 is 0 Å². The third-order valence-corrected chi connectivity index (χ3v) is 4.12. The number of halogens is 1. The number of hydrogen-bond donors (Lipinski definition) is 2. The molecule has 0 aliphatic heterocycles. The molecule has 0 aliphatic carbocycles.